The summed E-state index contributed by atoms with van der Waals surface area (Å²) in [5, 5.41) is 7.56. The molecule has 8 heteroatoms. The highest BCUT2D eigenvalue weighted by Gasteiger charge is 2.23. The van der Waals surface area contributed by atoms with Gasteiger partial charge in [0.25, 0.3) is 0 Å². The van der Waals surface area contributed by atoms with Crippen LogP contribution in [0.3, 0.4) is 0 Å². The van der Waals surface area contributed by atoms with Gasteiger partial charge in [0.15, 0.2) is 9.84 Å². The first-order chi connectivity index (χ1) is 10.9. The number of carbonyl (C=O) groups is 1. The third kappa shape index (κ3) is 3.42. The molecule has 0 bridgehead atoms. The minimum Gasteiger partial charge on any atom is -0.312 e. The Morgan fingerprint density at radius 3 is 2.87 bits per heavy atom. The summed E-state index contributed by atoms with van der Waals surface area (Å²) in [7, 11) is -3.24. The molecule has 1 aromatic carbocycles. The minimum absolute atomic E-state index is 0.00792. The van der Waals surface area contributed by atoms with E-state index in [4.69, 9.17) is 0 Å². The largest absolute Gasteiger partial charge is 0.312 e. The maximum absolute atomic E-state index is 12.5. The predicted molar refractivity (Wildman–Crippen MR) is 84.9 cm³/mol. The molecule has 2 aromatic rings. The Morgan fingerprint density at radius 2 is 2.17 bits per heavy atom. The first kappa shape index (κ1) is 15.7. The number of aryl methyl sites for hydroxylation is 2. The van der Waals surface area contributed by atoms with Gasteiger partial charge in [-0.25, -0.2) is 8.42 Å². The number of anilines is 1. The van der Waals surface area contributed by atoms with Crippen molar-refractivity contribution >= 4 is 21.4 Å². The lowest BCUT2D eigenvalue weighted by atomic mass is 10.0. The average Bonchev–Trinajstić information content (AvgIpc) is 3.04. The van der Waals surface area contributed by atoms with Crippen LogP contribution < -0.4 is 4.90 Å². The topological polar surface area (TPSA) is 85.2 Å². The third-order valence-electron chi connectivity index (χ3n) is 3.93. The van der Waals surface area contributed by atoms with E-state index in [0.29, 0.717) is 24.4 Å². The standard InChI is InChI=1S/C15H18N4O3S/c1-23(21,22)13-4-5-14-12(11-13)3-2-8-19(14)15(20)6-9-18-10-7-16-17-18/h4-5,7,10-11H,2-3,6,8-9H2,1H3. The molecule has 3 rings (SSSR count). The van der Waals surface area contributed by atoms with Crippen LogP contribution in [-0.4, -0.2) is 42.1 Å². The van der Waals surface area contributed by atoms with E-state index in [0.717, 1.165) is 24.1 Å². The highest BCUT2D eigenvalue weighted by Crippen LogP contribution is 2.30. The molecular formula is C15H18N4O3S. The molecule has 0 saturated heterocycles. The van der Waals surface area contributed by atoms with Crippen molar-refractivity contribution in [2.24, 2.45) is 0 Å². The van der Waals surface area contributed by atoms with Gasteiger partial charge in [-0.05, 0) is 36.6 Å². The van der Waals surface area contributed by atoms with Crippen LogP contribution in [0.25, 0.3) is 0 Å². The van der Waals surface area contributed by atoms with Gasteiger partial charge in [0.2, 0.25) is 5.91 Å². The van der Waals surface area contributed by atoms with Crippen LogP contribution in [0.4, 0.5) is 5.69 Å². The Morgan fingerprint density at radius 1 is 1.35 bits per heavy atom. The van der Waals surface area contributed by atoms with Gasteiger partial charge in [0.1, 0.15) is 0 Å². The SMILES string of the molecule is CS(=O)(=O)c1ccc2c(c1)CCCN2C(=O)CCn1ccnn1. The molecule has 0 spiro atoms. The van der Waals surface area contributed by atoms with Crippen molar-refractivity contribution in [3.8, 4) is 0 Å². The van der Waals surface area contributed by atoms with E-state index in [1.54, 1.807) is 40.2 Å². The summed E-state index contributed by atoms with van der Waals surface area (Å²) in [5.41, 5.74) is 1.72. The second kappa shape index (κ2) is 6.11. The Hall–Kier alpha value is -2.22. The zero-order valence-electron chi connectivity index (χ0n) is 12.8. The maximum atomic E-state index is 12.5. The lowest BCUT2D eigenvalue weighted by molar-refractivity contribution is -0.119. The van der Waals surface area contributed by atoms with E-state index in [1.165, 1.54) is 6.26 Å². The number of rotatable bonds is 4. The smallest absolute Gasteiger partial charge is 0.228 e. The Labute approximate surface area is 134 Å². The van der Waals surface area contributed by atoms with Crippen LogP contribution in [0.1, 0.15) is 18.4 Å². The molecule has 0 saturated carbocycles. The van der Waals surface area contributed by atoms with Gasteiger partial charge in [0.05, 0.1) is 17.6 Å². The maximum Gasteiger partial charge on any atom is 0.228 e. The molecule has 0 atom stereocenters. The molecular weight excluding hydrogens is 316 g/mol. The molecule has 122 valence electrons. The minimum atomic E-state index is -3.24. The quantitative estimate of drug-likeness (QED) is 0.834. The molecule has 0 aliphatic carbocycles. The van der Waals surface area contributed by atoms with E-state index < -0.39 is 9.84 Å². The number of aromatic nitrogens is 3. The number of amides is 1. The Balaban J connectivity index is 1.79. The number of hydrogen-bond donors (Lipinski definition) is 0. The summed E-state index contributed by atoms with van der Waals surface area (Å²) in [6, 6.07) is 4.98. The van der Waals surface area contributed by atoms with E-state index in [-0.39, 0.29) is 5.91 Å². The lowest BCUT2D eigenvalue weighted by Crippen LogP contribution is -2.36. The highest BCUT2D eigenvalue weighted by molar-refractivity contribution is 7.90. The molecule has 23 heavy (non-hydrogen) atoms. The van der Waals surface area contributed by atoms with Crippen molar-refractivity contribution in [3.63, 3.8) is 0 Å². The number of nitrogens with zero attached hydrogens (tertiary/aromatic N) is 4. The van der Waals surface area contributed by atoms with Crippen molar-refractivity contribution in [3.05, 3.63) is 36.2 Å². The van der Waals surface area contributed by atoms with E-state index in [9.17, 15) is 13.2 Å². The van der Waals surface area contributed by atoms with Crippen LogP contribution in [-0.2, 0) is 27.6 Å². The molecule has 1 amide bonds. The van der Waals surface area contributed by atoms with Gasteiger partial charge >= 0.3 is 0 Å². The van der Waals surface area contributed by atoms with Crippen LogP contribution in [0, 0.1) is 0 Å². The van der Waals surface area contributed by atoms with Crippen LogP contribution in [0.5, 0.6) is 0 Å². The molecule has 0 radical (unpaired) electrons. The van der Waals surface area contributed by atoms with Crippen molar-refractivity contribution in [2.45, 2.75) is 30.7 Å². The van der Waals surface area contributed by atoms with Gasteiger partial charge in [-0.3, -0.25) is 9.48 Å². The second-order valence-corrected chi connectivity index (χ2v) is 7.64. The van der Waals surface area contributed by atoms with Gasteiger partial charge in [-0.2, -0.15) is 0 Å². The molecule has 0 N–H and O–H groups in total. The Kier molecular flexibility index (Phi) is 4.16. The van der Waals surface area contributed by atoms with Gasteiger partial charge in [-0.1, -0.05) is 5.21 Å². The Bertz CT molecular complexity index is 815. The summed E-state index contributed by atoms with van der Waals surface area (Å²) in [4.78, 5) is 14.5. The van der Waals surface area contributed by atoms with Crippen LogP contribution >= 0.6 is 0 Å². The van der Waals surface area contributed by atoms with Gasteiger partial charge in [0, 0.05) is 31.1 Å². The monoisotopic (exact) mass is 334 g/mol. The fourth-order valence-electron chi connectivity index (χ4n) is 2.76. The van der Waals surface area contributed by atoms with Crippen molar-refractivity contribution < 1.29 is 13.2 Å². The molecule has 0 fully saturated rings. The van der Waals surface area contributed by atoms with E-state index in [1.807, 2.05) is 0 Å². The molecule has 2 heterocycles. The third-order valence-corrected chi connectivity index (χ3v) is 5.04. The van der Waals surface area contributed by atoms with E-state index >= 15 is 0 Å². The van der Waals surface area contributed by atoms with Crippen LogP contribution in [0.2, 0.25) is 0 Å². The lowest BCUT2D eigenvalue weighted by Gasteiger charge is -2.30. The molecule has 0 unspecified atom stereocenters. The summed E-state index contributed by atoms with van der Waals surface area (Å²) in [5.74, 6) is 0.00792. The molecule has 1 aliphatic rings. The number of sulfone groups is 1. The molecule has 7 nitrogen and oxygen atoms in total. The number of benzene rings is 1. The fraction of sp³-hybridized carbons (Fsp3) is 0.400. The summed E-state index contributed by atoms with van der Waals surface area (Å²) < 4.78 is 25.0. The zero-order chi connectivity index (χ0) is 16.4. The number of hydrogen-bond acceptors (Lipinski definition) is 5. The molecule has 1 aromatic heterocycles. The second-order valence-electron chi connectivity index (χ2n) is 5.63. The van der Waals surface area contributed by atoms with Crippen molar-refractivity contribution in [1.29, 1.82) is 0 Å². The zero-order valence-corrected chi connectivity index (χ0v) is 13.7. The summed E-state index contributed by atoms with van der Waals surface area (Å²) >= 11 is 0. The predicted octanol–water partition coefficient (Wildman–Crippen LogP) is 1.05. The fourth-order valence-corrected chi connectivity index (χ4v) is 3.43. The van der Waals surface area contributed by atoms with Crippen molar-refractivity contribution in [1.82, 2.24) is 15.0 Å². The number of carbonyl (C=O) groups excluding carboxylic acids is 1. The van der Waals surface area contributed by atoms with Gasteiger partial charge < -0.3 is 4.90 Å². The number of fused-ring (bicyclic) bond motifs is 1. The normalized spacial score (nSPS) is 14.6. The highest BCUT2D eigenvalue weighted by atomic mass is 32.2. The van der Waals surface area contributed by atoms with Crippen LogP contribution in [0.15, 0.2) is 35.5 Å². The van der Waals surface area contributed by atoms with E-state index in [2.05, 4.69) is 10.3 Å². The first-order valence-electron chi connectivity index (χ1n) is 7.42. The average molecular weight is 334 g/mol. The first-order valence-corrected chi connectivity index (χ1v) is 9.32. The summed E-state index contributed by atoms with van der Waals surface area (Å²) in [6.07, 6.45) is 6.43. The van der Waals surface area contributed by atoms with Gasteiger partial charge in [-0.15, -0.1) is 5.10 Å². The summed E-state index contributed by atoms with van der Waals surface area (Å²) in [6.45, 7) is 1.13. The molecule has 1 aliphatic heterocycles. The van der Waals surface area contributed by atoms with Crippen molar-refractivity contribution in [2.75, 3.05) is 17.7 Å².